The molecule has 2 aliphatic heterocycles. The van der Waals surface area contributed by atoms with Gasteiger partial charge in [-0.05, 0) is 56.4 Å². The zero-order valence-electron chi connectivity index (χ0n) is 19.2. The maximum atomic E-state index is 13.6. The number of piperidine rings is 1. The van der Waals surface area contributed by atoms with Gasteiger partial charge < -0.3 is 26.4 Å². The van der Waals surface area contributed by atoms with Crippen molar-refractivity contribution < 1.29 is 19.5 Å². The molecule has 0 aromatic rings. The predicted molar refractivity (Wildman–Crippen MR) is 128 cm³/mol. The van der Waals surface area contributed by atoms with Crippen molar-refractivity contribution in [1.82, 2.24) is 9.80 Å². The van der Waals surface area contributed by atoms with Crippen LogP contribution >= 0.6 is 0 Å². The van der Waals surface area contributed by atoms with E-state index < -0.39 is 5.91 Å². The van der Waals surface area contributed by atoms with Crippen molar-refractivity contribution in [1.29, 1.82) is 0 Å². The third-order valence-corrected chi connectivity index (χ3v) is 6.44. The highest BCUT2D eigenvalue weighted by Gasteiger charge is 2.36. The standard InChI is InChI=1S/C25H29N5O4/c1-15-14-17(7-10-20(15)30-12-3-2-4-21(30)32)29-13-11-19(22(26)24(27)33)23(25(29)34)28-16-5-8-18(31)9-6-16/h2,4-5,8,10,14,17,31H,3,6-7,9,11-13,26H2,1H3,(H2,27,33). The van der Waals surface area contributed by atoms with Gasteiger partial charge in [0.25, 0.3) is 17.7 Å². The van der Waals surface area contributed by atoms with Crippen molar-refractivity contribution >= 4 is 23.4 Å². The smallest absolute Gasteiger partial charge is 0.273 e. The molecule has 34 heavy (non-hydrogen) atoms. The van der Waals surface area contributed by atoms with Crippen LogP contribution in [0.2, 0.25) is 0 Å². The highest BCUT2D eigenvalue weighted by molar-refractivity contribution is 6.47. The summed E-state index contributed by atoms with van der Waals surface area (Å²) in [6, 6.07) is -0.211. The number of hydrogen-bond donors (Lipinski definition) is 3. The second-order valence-corrected chi connectivity index (χ2v) is 8.70. The Bertz CT molecular complexity index is 1150. The van der Waals surface area contributed by atoms with Crippen LogP contribution in [0.5, 0.6) is 0 Å². The number of hydrogen-bond acceptors (Lipinski definition) is 6. The Balaban J connectivity index is 1.62. The van der Waals surface area contributed by atoms with Crippen molar-refractivity contribution in [3.63, 3.8) is 0 Å². The number of allylic oxidation sites excluding steroid dienone is 5. The minimum Gasteiger partial charge on any atom is -0.512 e. The van der Waals surface area contributed by atoms with Crippen LogP contribution in [0, 0.1) is 0 Å². The number of aliphatic imine (C=N–C) groups is 1. The largest absolute Gasteiger partial charge is 0.512 e. The van der Waals surface area contributed by atoms with Gasteiger partial charge in [0.2, 0.25) is 0 Å². The summed E-state index contributed by atoms with van der Waals surface area (Å²) < 4.78 is 0. The highest BCUT2D eigenvalue weighted by Crippen LogP contribution is 2.30. The number of carbonyl (C=O) groups excluding carboxylic acids is 3. The minimum atomic E-state index is -0.791. The molecular weight excluding hydrogens is 434 g/mol. The van der Waals surface area contributed by atoms with Gasteiger partial charge in [-0.1, -0.05) is 18.2 Å². The lowest BCUT2D eigenvalue weighted by Crippen LogP contribution is -2.49. The predicted octanol–water partition coefficient (Wildman–Crippen LogP) is 1.87. The molecule has 0 radical (unpaired) electrons. The molecule has 4 rings (SSSR count). The van der Waals surface area contributed by atoms with E-state index in [9.17, 15) is 19.5 Å². The molecular formula is C25H29N5O4. The molecule has 4 aliphatic rings. The number of amides is 3. The lowest BCUT2D eigenvalue weighted by molar-refractivity contribution is -0.126. The summed E-state index contributed by atoms with van der Waals surface area (Å²) in [4.78, 5) is 45.7. The maximum Gasteiger partial charge on any atom is 0.273 e. The third kappa shape index (κ3) is 4.59. The molecule has 2 heterocycles. The van der Waals surface area contributed by atoms with Gasteiger partial charge >= 0.3 is 0 Å². The fraction of sp³-hybridized carbons (Fsp3) is 0.360. The molecule has 0 saturated carbocycles. The van der Waals surface area contributed by atoms with Gasteiger partial charge in [0.15, 0.2) is 0 Å². The Hall–Kier alpha value is -3.88. The van der Waals surface area contributed by atoms with Crippen LogP contribution in [0.25, 0.3) is 0 Å². The number of nitrogens with zero attached hydrogens (tertiary/aromatic N) is 3. The minimum absolute atomic E-state index is 0.0373. The number of likely N-dealkylation sites (tertiary alicyclic amines) is 1. The van der Waals surface area contributed by atoms with Crippen molar-refractivity contribution in [2.24, 2.45) is 16.5 Å². The number of primary amides is 1. The average Bonchev–Trinajstić information content (AvgIpc) is 2.81. The third-order valence-electron chi connectivity index (χ3n) is 6.44. The van der Waals surface area contributed by atoms with E-state index in [1.807, 2.05) is 25.2 Å². The Kier molecular flexibility index (Phi) is 6.54. The van der Waals surface area contributed by atoms with Crippen LogP contribution in [0.15, 0.2) is 75.4 Å². The fourth-order valence-corrected chi connectivity index (χ4v) is 4.61. The van der Waals surface area contributed by atoms with Gasteiger partial charge in [-0.2, -0.15) is 0 Å². The van der Waals surface area contributed by atoms with E-state index in [1.165, 1.54) is 0 Å². The SMILES string of the molecule is CC1=CC(N2CCC(=C(N)C(N)=O)C(=NC3=CC=C(O)CC3)C2=O)CC=C1N1CCC=CC1=O. The van der Waals surface area contributed by atoms with Crippen molar-refractivity contribution in [2.75, 3.05) is 13.1 Å². The van der Waals surface area contributed by atoms with Gasteiger partial charge in [-0.3, -0.25) is 14.4 Å². The lowest BCUT2D eigenvalue weighted by Gasteiger charge is -2.38. The van der Waals surface area contributed by atoms with Crippen molar-refractivity contribution in [2.45, 2.75) is 45.1 Å². The maximum absolute atomic E-state index is 13.6. The summed E-state index contributed by atoms with van der Waals surface area (Å²) in [5.41, 5.74) is 14.1. The molecule has 5 N–H and O–H groups in total. The van der Waals surface area contributed by atoms with E-state index in [0.29, 0.717) is 50.0 Å². The van der Waals surface area contributed by atoms with E-state index >= 15 is 0 Å². The second-order valence-electron chi connectivity index (χ2n) is 8.70. The highest BCUT2D eigenvalue weighted by atomic mass is 16.3. The first kappa shape index (κ1) is 23.3. The van der Waals surface area contributed by atoms with Crippen LogP contribution in [-0.4, -0.2) is 57.5 Å². The molecule has 3 amide bonds. The topological polar surface area (TPSA) is 142 Å². The number of carbonyl (C=O) groups is 3. The summed E-state index contributed by atoms with van der Waals surface area (Å²) in [7, 11) is 0. The van der Waals surface area contributed by atoms with Crippen molar-refractivity contribution in [3.05, 3.63) is 70.5 Å². The van der Waals surface area contributed by atoms with E-state index in [4.69, 9.17) is 11.5 Å². The molecule has 2 aliphatic carbocycles. The van der Waals surface area contributed by atoms with Gasteiger partial charge in [0.05, 0.1) is 11.8 Å². The summed E-state index contributed by atoms with van der Waals surface area (Å²) >= 11 is 0. The summed E-state index contributed by atoms with van der Waals surface area (Å²) in [5.74, 6) is -0.904. The van der Waals surface area contributed by atoms with Crippen LogP contribution in [-0.2, 0) is 14.4 Å². The van der Waals surface area contributed by atoms with Gasteiger partial charge in [-0.15, -0.1) is 0 Å². The first-order valence-corrected chi connectivity index (χ1v) is 11.4. The molecule has 0 aromatic carbocycles. The first-order valence-electron chi connectivity index (χ1n) is 11.4. The first-order chi connectivity index (χ1) is 16.3. The monoisotopic (exact) mass is 463 g/mol. The van der Waals surface area contributed by atoms with Crippen LogP contribution in [0.1, 0.15) is 39.0 Å². The molecule has 9 nitrogen and oxygen atoms in total. The van der Waals surface area contributed by atoms with Gasteiger partial charge in [0, 0.05) is 36.5 Å². The van der Waals surface area contributed by atoms with E-state index in [1.54, 1.807) is 28.0 Å². The van der Waals surface area contributed by atoms with Gasteiger partial charge in [-0.25, -0.2) is 4.99 Å². The number of aliphatic hydroxyl groups excluding tert-OH is 1. The molecule has 9 heteroatoms. The lowest BCUT2D eigenvalue weighted by atomic mass is 9.92. The van der Waals surface area contributed by atoms with Crippen LogP contribution in [0.4, 0.5) is 0 Å². The molecule has 1 atom stereocenters. The van der Waals surface area contributed by atoms with E-state index in [-0.39, 0.29) is 35.0 Å². The summed E-state index contributed by atoms with van der Waals surface area (Å²) in [6.07, 6.45) is 13.3. The number of nitrogens with two attached hydrogens (primary N) is 2. The Morgan fingerprint density at radius 2 is 1.94 bits per heavy atom. The molecule has 0 aromatic heterocycles. The second kappa shape index (κ2) is 9.54. The fourth-order valence-electron chi connectivity index (χ4n) is 4.61. The quantitative estimate of drug-likeness (QED) is 0.546. The number of rotatable bonds is 4. The Morgan fingerprint density at radius 3 is 2.59 bits per heavy atom. The molecule has 1 fully saturated rings. The molecule has 0 spiro atoms. The zero-order chi connectivity index (χ0) is 24.4. The van der Waals surface area contributed by atoms with Crippen LogP contribution in [0.3, 0.4) is 0 Å². The molecule has 178 valence electrons. The summed E-state index contributed by atoms with van der Waals surface area (Å²) in [5, 5.41) is 9.63. The molecule has 0 bridgehead atoms. The molecule has 1 unspecified atom stereocenters. The van der Waals surface area contributed by atoms with Gasteiger partial charge in [0.1, 0.15) is 11.4 Å². The summed E-state index contributed by atoms with van der Waals surface area (Å²) in [6.45, 7) is 2.94. The zero-order valence-corrected chi connectivity index (χ0v) is 19.2. The van der Waals surface area contributed by atoms with Crippen LogP contribution < -0.4 is 11.5 Å². The normalized spacial score (nSPS) is 26.1. The Morgan fingerprint density at radius 1 is 1.15 bits per heavy atom. The van der Waals surface area contributed by atoms with Crippen molar-refractivity contribution in [3.8, 4) is 0 Å². The van der Waals surface area contributed by atoms with E-state index in [0.717, 1.165) is 17.7 Å². The average molecular weight is 464 g/mol. The Labute approximate surface area is 198 Å². The molecule has 1 saturated heterocycles. The van der Waals surface area contributed by atoms with E-state index in [2.05, 4.69) is 4.99 Å². The number of aliphatic hydroxyl groups is 1.